The molecule has 3 unspecified atom stereocenters. The molecule has 2 aromatic rings. The van der Waals surface area contributed by atoms with Crippen molar-refractivity contribution >= 4 is 22.2 Å². The monoisotopic (exact) mass is 439 g/mol. The standard InChI is InChI=1S/C26H33NO3S/c1-6-19-10-17(4)11-20(7-2)25(19)26-22(28)12-21(13-23(26)29)18(5)15-31(30)24-9-8-16(3)14-27-24/h8-11,14,18,21,28H,6-7,12-13,15H2,1-5H3. The zero-order valence-electron chi connectivity index (χ0n) is 19.2. The number of nitrogens with zero attached hydrogens (tertiary/aromatic N) is 1. The third-order valence-corrected chi connectivity index (χ3v) is 7.80. The Morgan fingerprint density at radius 1 is 1.10 bits per heavy atom. The molecule has 31 heavy (non-hydrogen) atoms. The first-order valence-electron chi connectivity index (χ1n) is 11.1. The van der Waals surface area contributed by atoms with Crippen molar-refractivity contribution in [3.05, 3.63) is 64.0 Å². The molecule has 0 bridgehead atoms. The second-order valence-corrected chi connectivity index (χ2v) is 10.2. The van der Waals surface area contributed by atoms with Gasteiger partial charge in [-0.15, -0.1) is 0 Å². The molecule has 0 radical (unpaired) electrons. The number of hydrogen-bond acceptors (Lipinski definition) is 4. The summed E-state index contributed by atoms with van der Waals surface area (Å²) in [6.45, 7) is 10.2. The minimum absolute atomic E-state index is 0.00639. The summed E-state index contributed by atoms with van der Waals surface area (Å²) in [5.74, 6) is 0.618. The molecule has 5 heteroatoms. The maximum atomic E-state index is 13.2. The van der Waals surface area contributed by atoms with Crippen LogP contribution in [0.4, 0.5) is 0 Å². The summed E-state index contributed by atoms with van der Waals surface area (Å²) in [4.78, 5) is 17.5. The molecule has 3 rings (SSSR count). The number of aryl methyl sites for hydroxylation is 4. The number of hydrogen-bond donors (Lipinski definition) is 1. The van der Waals surface area contributed by atoms with Crippen molar-refractivity contribution in [3.8, 4) is 0 Å². The number of rotatable bonds is 7. The molecule has 1 aromatic heterocycles. The molecule has 1 N–H and O–H groups in total. The van der Waals surface area contributed by atoms with Crippen molar-refractivity contribution in [2.24, 2.45) is 11.8 Å². The number of aliphatic hydroxyl groups is 1. The van der Waals surface area contributed by atoms with Gasteiger partial charge in [-0.1, -0.05) is 44.5 Å². The number of allylic oxidation sites excluding steroid dienone is 2. The minimum Gasteiger partial charge on any atom is -0.512 e. The van der Waals surface area contributed by atoms with Crippen molar-refractivity contribution in [1.82, 2.24) is 4.98 Å². The molecule has 0 spiro atoms. The lowest BCUT2D eigenvalue weighted by molar-refractivity contribution is -0.115. The minimum atomic E-state index is -1.22. The maximum absolute atomic E-state index is 13.2. The smallest absolute Gasteiger partial charge is 0.167 e. The van der Waals surface area contributed by atoms with E-state index < -0.39 is 10.8 Å². The average Bonchev–Trinajstić information content (AvgIpc) is 2.73. The summed E-state index contributed by atoms with van der Waals surface area (Å²) < 4.78 is 12.7. The molecular formula is C26H33NO3S. The third-order valence-electron chi connectivity index (χ3n) is 6.26. The highest BCUT2D eigenvalue weighted by molar-refractivity contribution is 7.84. The topological polar surface area (TPSA) is 67.3 Å². The van der Waals surface area contributed by atoms with Gasteiger partial charge in [0.15, 0.2) is 5.78 Å². The van der Waals surface area contributed by atoms with Crippen molar-refractivity contribution < 1.29 is 14.1 Å². The Labute approximate surface area is 188 Å². The number of aromatic nitrogens is 1. The van der Waals surface area contributed by atoms with Gasteiger partial charge in [-0.25, -0.2) is 4.98 Å². The van der Waals surface area contributed by atoms with Gasteiger partial charge in [0.1, 0.15) is 10.8 Å². The Kier molecular flexibility index (Phi) is 7.47. The predicted octanol–water partition coefficient (Wildman–Crippen LogP) is 5.52. The van der Waals surface area contributed by atoms with Crippen molar-refractivity contribution in [2.75, 3.05) is 5.75 Å². The van der Waals surface area contributed by atoms with E-state index in [-0.39, 0.29) is 23.4 Å². The number of ketones is 1. The van der Waals surface area contributed by atoms with E-state index in [0.717, 1.165) is 35.1 Å². The van der Waals surface area contributed by atoms with E-state index in [1.165, 1.54) is 5.56 Å². The zero-order valence-corrected chi connectivity index (χ0v) is 20.0. The molecule has 1 aliphatic rings. The summed E-state index contributed by atoms with van der Waals surface area (Å²) in [5.41, 5.74) is 5.87. The fraction of sp³-hybridized carbons (Fsp3) is 0.462. The Morgan fingerprint density at radius 3 is 2.26 bits per heavy atom. The van der Waals surface area contributed by atoms with Crippen molar-refractivity contribution in [2.45, 2.75) is 65.3 Å². The van der Waals surface area contributed by atoms with Gasteiger partial charge in [0.05, 0.1) is 16.4 Å². The number of Topliss-reactive ketones (excluding diaryl/α,β-unsaturated/α-hetero) is 1. The van der Waals surface area contributed by atoms with Gasteiger partial charge in [0.2, 0.25) is 0 Å². The summed E-state index contributed by atoms with van der Waals surface area (Å²) in [5, 5.41) is 11.5. The van der Waals surface area contributed by atoms with Crippen LogP contribution in [0, 0.1) is 25.7 Å². The van der Waals surface area contributed by atoms with E-state index >= 15 is 0 Å². The Bertz CT molecular complexity index is 998. The molecule has 0 amide bonds. The molecule has 0 saturated heterocycles. The Morgan fingerprint density at radius 2 is 1.74 bits per heavy atom. The average molecular weight is 440 g/mol. The van der Waals surface area contributed by atoms with Gasteiger partial charge >= 0.3 is 0 Å². The van der Waals surface area contributed by atoms with Crippen LogP contribution in [0.5, 0.6) is 0 Å². The molecular weight excluding hydrogens is 406 g/mol. The molecule has 1 heterocycles. The highest BCUT2D eigenvalue weighted by Crippen LogP contribution is 2.39. The molecule has 3 atom stereocenters. The van der Waals surface area contributed by atoms with Crippen LogP contribution in [0.25, 0.3) is 5.57 Å². The molecule has 1 aromatic carbocycles. The summed E-state index contributed by atoms with van der Waals surface area (Å²) in [6, 6.07) is 7.95. The molecule has 0 aliphatic heterocycles. The molecule has 1 aliphatic carbocycles. The third kappa shape index (κ3) is 5.15. The lowest BCUT2D eigenvalue weighted by Gasteiger charge is -2.29. The number of carbonyl (C=O) groups is 1. The van der Waals surface area contributed by atoms with Gasteiger partial charge < -0.3 is 5.11 Å². The lowest BCUT2D eigenvalue weighted by atomic mass is 9.76. The summed E-state index contributed by atoms with van der Waals surface area (Å²) in [7, 11) is -1.22. The molecule has 4 nitrogen and oxygen atoms in total. The number of aliphatic hydroxyl groups excluding tert-OH is 1. The first-order valence-corrected chi connectivity index (χ1v) is 12.5. The van der Waals surface area contributed by atoms with Crippen LogP contribution in [-0.4, -0.2) is 25.8 Å². The van der Waals surface area contributed by atoms with Crippen LogP contribution in [-0.2, 0) is 28.4 Å². The number of carbonyl (C=O) groups excluding carboxylic acids is 1. The van der Waals surface area contributed by atoms with Crippen LogP contribution in [0.1, 0.15) is 61.4 Å². The molecule has 166 valence electrons. The van der Waals surface area contributed by atoms with E-state index in [2.05, 4.69) is 37.9 Å². The fourth-order valence-corrected chi connectivity index (χ4v) is 5.79. The second kappa shape index (κ2) is 9.90. The molecule has 0 fully saturated rings. The Hall–Kier alpha value is -2.27. The van der Waals surface area contributed by atoms with Crippen molar-refractivity contribution in [3.63, 3.8) is 0 Å². The van der Waals surface area contributed by atoms with Crippen LogP contribution < -0.4 is 0 Å². The quantitative estimate of drug-likeness (QED) is 0.617. The van der Waals surface area contributed by atoms with Crippen LogP contribution in [0.3, 0.4) is 0 Å². The SMILES string of the molecule is CCc1cc(C)cc(CC)c1C1=C(O)CC(C(C)CS(=O)c2ccc(C)cn2)CC1=O. The normalized spacial score (nSPS) is 18.9. The second-order valence-electron chi connectivity index (χ2n) is 8.74. The number of benzene rings is 1. The fourth-order valence-electron chi connectivity index (χ4n) is 4.48. The highest BCUT2D eigenvalue weighted by atomic mass is 32.2. The number of pyridine rings is 1. The van der Waals surface area contributed by atoms with Gasteiger partial charge in [0.25, 0.3) is 0 Å². The molecule has 0 saturated carbocycles. The first-order chi connectivity index (χ1) is 14.7. The zero-order chi connectivity index (χ0) is 22.7. The van der Waals surface area contributed by atoms with Crippen LogP contribution in [0.15, 0.2) is 41.2 Å². The van der Waals surface area contributed by atoms with Gasteiger partial charge in [-0.2, -0.15) is 0 Å². The van der Waals surface area contributed by atoms with Crippen molar-refractivity contribution in [1.29, 1.82) is 0 Å². The largest absolute Gasteiger partial charge is 0.512 e. The van der Waals surface area contributed by atoms with Gasteiger partial charge in [0, 0.05) is 24.8 Å². The first kappa shape index (κ1) is 23.4. The van der Waals surface area contributed by atoms with Gasteiger partial charge in [-0.3, -0.25) is 9.00 Å². The van der Waals surface area contributed by atoms with E-state index in [4.69, 9.17) is 0 Å². The van der Waals surface area contributed by atoms with E-state index in [9.17, 15) is 14.1 Å². The summed E-state index contributed by atoms with van der Waals surface area (Å²) in [6.07, 6.45) is 4.17. The van der Waals surface area contributed by atoms with Crippen LogP contribution >= 0.6 is 0 Å². The van der Waals surface area contributed by atoms with E-state index in [1.807, 2.05) is 19.9 Å². The summed E-state index contributed by atoms with van der Waals surface area (Å²) >= 11 is 0. The maximum Gasteiger partial charge on any atom is 0.167 e. The predicted molar refractivity (Wildman–Crippen MR) is 127 cm³/mol. The lowest BCUT2D eigenvalue weighted by Crippen LogP contribution is -2.27. The van der Waals surface area contributed by atoms with Crippen LogP contribution in [0.2, 0.25) is 0 Å². The van der Waals surface area contributed by atoms with Gasteiger partial charge in [-0.05, 0) is 66.8 Å². The Balaban J connectivity index is 1.84. The highest BCUT2D eigenvalue weighted by Gasteiger charge is 2.34. The van der Waals surface area contributed by atoms with E-state index in [0.29, 0.717) is 29.2 Å². The van der Waals surface area contributed by atoms with E-state index in [1.54, 1.807) is 12.3 Å².